The molecule has 0 amide bonds. The lowest BCUT2D eigenvalue weighted by Gasteiger charge is -2.12. The van der Waals surface area contributed by atoms with E-state index in [1.165, 1.54) is 5.56 Å². The summed E-state index contributed by atoms with van der Waals surface area (Å²) in [5.41, 5.74) is 9.76. The van der Waals surface area contributed by atoms with Crippen molar-refractivity contribution >= 4 is 11.7 Å². The van der Waals surface area contributed by atoms with E-state index in [0.29, 0.717) is 17.7 Å². The number of benzene rings is 2. The number of rotatable bonds is 4. The Morgan fingerprint density at radius 3 is 2.42 bits per heavy atom. The molecule has 0 radical (unpaired) electrons. The molecule has 3 N–H and O–H groups in total. The smallest absolute Gasteiger partial charge is 0.336 e. The van der Waals surface area contributed by atoms with Gasteiger partial charge in [0, 0.05) is 5.69 Å². The van der Waals surface area contributed by atoms with E-state index in [-0.39, 0.29) is 0 Å². The van der Waals surface area contributed by atoms with E-state index in [0.717, 1.165) is 17.5 Å². The van der Waals surface area contributed by atoms with Gasteiger partial charge in [0.25, 0.3) is 0 Å². The topological polar surface area (TPSA) is 63.3 Å². The van der Waals surface area contributed by atoms with Gasteiger partial charge in [0.2, 0.25) is 0 Å². The van der Waals surface area contributed by atoms with Gasteiger partial charge in [0.05, 0.1) is 5.56 Å². The summed E-state index contributed by atoms with van der Waals surface area (Å²) < 4.78 is 0. The Bertz CT molecular complexity index is 591. The molecule has 0 atom stereocenters. The zero-order valence-electron chi connectivity index (χ0n) is 10.9. The highest BCUT2D eigenvalue weighted by atomic mass is 16.4. The Balaban J connectivity index is 2.28. The first kappa shape index (κ1) is 13.1. The third-order valence-corrected chi connectivity index (χ3v) is 3.31. The van der Waals surface area contributed by atoms with Crippen molar-refractivity contribution in [2.45, 2.75) is 19.8 Å². The fraction of sp³-hybridized carbons (Fsp3) is 0.188. The van der Waals surface area contributed by atoms with E-state index in [9.17, 15) is 9.90 Å². The van der Waals surface area contributed by atoms with Crippen LogP contribution in [0.15, 0.2) is 42.5 Å². The van der Waals surface area contributed by atoms with Crippen LogP contribution in [-0.4, -0.2) is 11.1 Å². The van der Waals surface area contributed by atoms with E-state index in [1.807, 2.05) is 37.3 Å². The minimum Gasteiger partial charge on any atom is -0.478 e. The van der Waals surface area contributed by atoms with Crippen LogP contribution in [0, 0.1) is 6.92 Å². The molecule has 2 rings (SSSR count). The Labute approximate surface area is 112 Å². The van der Waals surface area contributed by atoms with Gasteiger partial charge in [-0.15, -0.1) is 0 Å². The van der Waals surface area contributed by atoms with E-state index in [2.05, 4.69) is 0 Å². The summed E-state index contributed by atoms with van der Waals surface area (Å²) in [5, 5.41) is 9.22. The quantitative estimate of drug-likeness (QED) is 0.825. The van der Waals surface area contributed by atoms with Crippen molar-refractivity contribution in [3.05, 3.63) is 64.7 Å². The number of aromatic carboxylic acids is 1. The number of hydrogen-bond acceptors (Lipinski definition) is 2. The average molecular weight is 255 g/mol. The molecule has 3 nitrogen and oxygen atoms in total. The van der Waals surface area contributed by atoms with Crippen molar-refractivity contribution in [1.82, 2.24) is 0 Å². The highest BCUT2D eigenvalue weighted by molar-refractivity contribution is 5.91. The Morgan fingerprint density at radius 2 is 1.79 bits per heavy atom. The Hall–Kier alpha value is -2.29. The van der Waals surface area contributed by atoms with Gasteiger partial charge in [0.15, 0.2) is 0 Å². The highest BCUT2D eigenvalue weighted by Gasteiger charge is 2.14. The van der Waals surface area contributed by atoms with Gasteiger partial charge in [-0.1, -0.05) is 36.4 Å². The van der Waals surface area contributed by atoms with E-state index < -0.39 is 5.97 Å². The summed E-state index contributed by atoms with van der Waals surface area (Å²) in [6.07, 6.45) is 1.42. The van der Waals surface area contributed by atoms with Crippen LogP contribution in [0.5, 0.6) is 0 Å². The second-order valence-electron chi connectivity index (χ2n) is 4.61. The van der Waals surface area contributed by atoms with Gasteiger partial charge in [-0.25, -0.2) is 4.79 Å². The molecule has 0 saturated heterocycles. The maximum Gasteiger partial charge on any atom is 0.336 e. The van der Waals surface area contributed by atoms with E-state index >= 15 is 0 Å². The first-order chi connectivity index (χ1) is 9.09. The molecule has 0 aliphatic rings. The zero-order valence-corrected chi connectivity index (χ0v) is 10.9. The van der Waals surface area contributed by atoms with Crippen molar-refractivity contribution in [3.63, 3.8) is 0 Å². The molecule has 0 aliphatic carbocycles. The molecule has 0 heterocycles. The molecular weight excluding hydrogens is 238 g/mol. The van der Waals surface area contributed by atoms with Crippen LogP contribution in [0.1, 0.15) is 27.0 Å². The zero-order chi connectivity index (χ0) is 13.8. The Morgan fingerprint density at radius 1 is 1.11 bits per heavy atom. The van der Waals surface area contributed by atoms with Crippen LogP contribution in [0.25, 0.3) is 0 Å². The predicted octanol–water partition coefficient (Wildman–Crippen LogP) is 3.06. The summed E-state index contributed by atoms with van der Waals surface area (Å²) in [5.74, 6) is -0.922. The normalized spacial score (nSPS) is 10.4. The number of anilines is 1. The number of carbonyl (C=O) groups is 1. The standard InChI is InChI=1S/C16H17NO2/c1-11-7-9-14(16(18)19)13(15(11)17)10-8-12-5-3-2-4-6-12/h2-7,9H,8,10,17H2,1H3,(H,18,19). The van der Waals surface area contributed by atoms with Gasteiger partial charge in [-0.2, -0.15) is 0 Å². The lowest BCUT2D eigenvalue weighted by atomic mass is 9.96. The molecular formula is C16H17NO2. The van der Waals surface area contributed by atoms with Crippen LogP contribution in [0.2, 0.25) is 0 Å². The fourth-order valence-electron chi connectivity index (χ4n) is 2.17. The van der Waals surface area contributed by atoms with Crippen molar-refractivity contribution in [2.24, 2.45) is 0 Å². The van der Waals surface area contributed by atoms with E-state index in [1.54, 1.807) is 12.1 Å². The van der Waals surface area contributed by atoms with Gasteiger partial charge < -0.3 is 10.8 Å². The summed E-state index contributed by atoms with van der Waals surface area (Å²) in [6.45, 7) is 1.90. The van der Waals surface area contributed by atoms with Gasteiger partial charge in [-0.05, 0) is 42.5 Å². The largest absolute Gasteiger partial charge is 0.478 e. The van der Waals surface area contributed by atoms with Crippen LogP contribution in [0.3, 0.4) is 0 Å². The number of carboxylic acids is 1. The molecule has 19 heavy (non-hydrogen) atoms. The van der Waals surface area contributed by atoms with Gasteiger partial charge in [0.1, 0.15) is 0 Å². The summed E-state index contributed by atoms with van der Waals surface area (Å²) in [4.78, 5) is 11.2. The average Bonchev–Trinajstić information content (AvgIpc) is 2.41. The van der Waals surface area contributed by atoms with Gasteiger partial charge >= 0.3 is 5.97 Å². The van der Waals surface area contributed by atoms with E-state index in [4.69, 9.17) is 5.73 Å². The number of nitrogen functional groups attached to an aromatic ring is 1. The molecule has 0 unspecified atom stereocenters. The first-order valence-electron chi connectivity index (χ1n) is 6.24. The molecule has 2 aromatic rings. The number of carboxylic acid groups (broad SMARTS) is 1. The molecule has 0 saturated carbocycles. The minimum absolute atomic E-state index is 0.305. The molecule has 2 aromatic carbocycles. The fourth-order valence-corrected chi connectivity index (χ4v) is 2.17. The maximum atomic E-state index is 11.2. The van der Waals surface area contributed by atoms with Crippen LogP contribution in [0.4, 0.5) is 5.69 Å². The highest BCUT2D eigenvalue weighted by Crippen LogP contribution is 2.23. The van der Waals surface area contributed by atoms with Crippen molar-refractivity contribution in [3.8, 4) is 0 Å². The summed E-state index contributed by atoms with van der Waals surface area (Å²) in [7, 11) is 0. The number of aryl methyl sites for hydroxylation is 2. The third kappa shape index (κ3) is 2.94. The lowest BCUT2D eigenvalue weighted by Crippen LogP contribution is -2.08. The molecule has 98 valence electrons. The monoisotopic (exact) mass is 255 g/mol. The van der Waals surface area contributed by atoms with Crippen molar-refractivity contribution < 1.29 is 9.90 Å². The van der Waals surface area contributed by atoms with Gasteiger partial charge in [-0.3, -0.25) is 0 Å². The lowest BCUT2D eigenvalue weighted by molar-refractivity contribution is 0.0695. The van der Waals surface area contributed by atoms with Crippen molar-refractivity contribution in [2.75, 3.05) is 5.73 Å². The van der Waals surface area contributed by atoms with Crippen molar-refractivity contribution in [1.29, 1.82) is 0 Å². The minimum atomic E-state index is -0.922. The van der Waals surface area contributed by atoms with Crippen LogP contribution >= 0.6 is 0 Å². The molecule has 0 bridgehead atoms. The molecule has 0 spiro atoms. The maximum absolute atomic E-state index is 11.2. The predicted molar refractivity (Wildman–Crippen MR) is 76.4 cm³/mol. The summed E-state index contributed by atoms with van der Waals surface area (Å²) >= 11 is 0. The second-order valence-corrected chi connectivity index (χ2v) is 4.61. The number of nitrogens with two attached hydrogens (primary N) is 1. The number of hydrogen-bond donors (Lipinski definition) is 2. The molecule has 0 aliphatic heterocycles. The molecule has 0 fully saturated rings. The SMILES string of the molecule is Cc1ccc(C(=O)O)c(CCc2ccccc2)c1N. The Kier molecular flexibility index (Phi) is 3.85. The van der Waals surface area contributed by atoms with Crippen LogP contribution in [-0.2, 0) is 12.8 Å². The third-order valence-electron chi connectivity index (χ3n) is 3.31. The van der Waals surface area contributed by atoms with Crippen LogP contribution < -0.4 is 5.73 Å². The second kappa shape index (κ2) is 5.57. The molecule has 3 heteroatoms. The first-order valence-corrected chi connectivity index (χ1v) is 6.24. The summed E-state index contributed by atoms with van der Waals surface area (Å²) in [6, 6.07) is 13.4. The molecule has 0 aromatic heterocycles.